The van der Waals surface area contributed by atoms with Gasteiger partial charge in [0.1, 0.15) is 8.24 Å². The van der Waals surface area contributed by atoms with Crippen LogP contribution in [0.2, 0.25) is 18.1 Å². The van der Waals surface area contributed by atoms with Crippen LogP contribution in [-0.4, -0.2) is 25.9 Å². The van der Waals surface area contributed by atoms with E-state index in [0.29, 0.717) is 5.04 Å². The Labute approximate surface area is 85.6 Å². The van der Waals surface area contributed by atoms with Crippen molar-refractivity contribution in [1.29, 1.82) is 0 Å². The minimum Gasteiger partial charge on any atom is -0.324 e. The second kappa shape index (κ2) is 4.60. The molecular formula is C11H27NSi. The van der Waals surface area contributed by atoms with Crippen LogP contribution < -0.4 is 0 Å². The maximum atomic E-state index is 2.72. The predicted octanol–water partition coefficient (Wildman–Crippen LogP) is 3.72. The van der Waals surface area contributed by atoms with E-state index in [1.54, 1.807) is 0 Å². The molecule has 0 heterocycles. The van der Waals surface area contributed by atoms with E-state index in [1.807, 2.05) is 0 Å². The molecule has 0 amide bonds. The van der Waals surface area contributed by atoms with Crippen LogP contribution in [0.25, 0.3) is 0 Å². The average Bonchev–Trinajstić information content (AvgIpc) is 1.97. The number of nitrogens with zero attached hydrogens (tertiary/aromatic N) is 1. The Balaban J connectivity index is 4.56. The van der Waals surface area contributed by atoms with Gasteiger partial charge in [0.05, 0.1) is 0 Å². The van der Waals surface area contributed by atoms with Gasteiger partial charge in [0.25, 0.3) is 0 Å². The Morgan fingerprint density at radius 2 is 1.54 bits per heavy atom. The zero-order chi connectivity index (χ0) is 10.7. The summed E-state index contributed by atoms with van der Waals surface area (Å²) < 4.78 is 2.72. The van der Waals surface area contributed by atoms with Crippen LogP contribution in [0, 0.1) is 0 Å². The van der Waals surface area contributed by atoms with Gasteiger partial charge in [0.2, 0.25) is 0 Å². The second-order valence-electron chi connectivity index (χ2n) is 5.39. The lowest BCUT2D eigenvalue weighted by atomic mass is 10.2. The molecule has 0 radical (unpaired) electrons. The Morgan fingerprint density at radius 3 is 1.77 bits per heavy atom. The quantitative estimate of drug-likeness (QED) is 0.627. The molecule has 0 unspecified atom stereocenters. The number of rotatable bonds is 4. The van der Waals surface area contributed by atoms with Crippen LogP contribution >= 0.6 is 0 Å². The zero-order valence-corrected chi connectivity index (χ0v) is 11.6. The van der Waals surface area contributed by atoms with Gasteiger partial charge < -0.3 is 4.57 Å². The lowest BCUT2D eigenvalue weighted by Crippen LogP contribution is -2.55. The van der Waals surface area contributed by atoms with Crippen molar-refractivity contribution < 1.29 is 0 Å². The Kier molecular flexibility index (Phi) is 4.67. The highest BCUT2D eigenvalue weighted by atomic mass is 28.3. The lowest BCUT2D eigenvalue weighted by Gasteiger charge is -2.45. The summed E-state index contributed by atoms with van der Waals surface area (Å²) >= 11 is 0. The van der Waals surface area contributed by atoms with Crippen molar-refractivity contribution in [3.63, 3.8) is 0 Å². The molecule has 0 bridgehead atoms. The van der Waals surface area contributed by atoms with Crippen LogP contribution in [0.15, 0.2) is 0 Å². The minimum atomic E-state index is -1.22. The normalized spacial score (nSPS) is 13.8. The van der Waals surface area contributed by atoms with Gasteiger partial charge in [-0.05, 0) is 24.5 Å². The molecule has 80 valence electrons. The van der Waals surface area contributed by atoms with Gasteiger partial charge in [-0.25, -0.2) is 0 Å². The van der Waals surface area contributed by atoms with Gasteiger partial charge in [-0.3, -0.25) is 0 Å². The van der Waals surface area contributed by atoms with Crippen LogP contribution in [0.4, 0.5) is 0 Å². The molecule has 0 aliphatic rings. The summed E-state index contributed by atoms with van der Waals surface area (Å²) in [6.45, 7) is 19.2. The molecule has 0 spiro atoms. The van der Waals surface area contributed by atoms with Crippen molar-refractivity contribution in [2.24, 2.45) is 0 Å². The Bertz CT molecular complexity index is 147. The highest BCUT2D eigenvalue weighted by Gasteiger charge is 2.39. The van der Waals surface area contributed by atoms with Gasteiger partial charge in [0.15, 0.2) is 0 Å². The monoisotopic (exact) mass is 201 g/mol. The van der Waals surface area contributed by atoms with Crippen molar-refractivity contribution in [2.75, 3.05) is 13.1 Å². The number of hydrogen-bond donors (Lipinski definition) is 0. The fraction of sp³-hybridized carbons (Fsp3) is 1.00. The largest absolute Gasteiger partial charge is 0.324 e. The van der Waals surface area contributed by atoms with Gasteiger partial charge >= 0.3 is 0 Å². The van der Waals surface area contributed by atoms with Crippen molar-refractivity contribution in [2.45, 2.75) is 59.2 Å². The zero-order valence-electron chi connectivity index (χ0n) is 10.6. The standard InChI is InChI=1S/C11H27NSi/c1-8-10-12(9-2)13(6,7)11(3,4)5/h8-10H2,1-7H3. The molecule has 0 fully saturated rings. The minimum absolute atomic E-state index is 0.484. The van der Waals surface area contributed by atoms with Crippen molar-refractivity contribution in [3.8, 4) is 0 Å². The summed E-state index contributed by atoms with van der Waals surface area (Å²) in [5, 5.41) is 0.484. The third kappa shape index (κ3) is 3.10. The van der Waals surface area contributed by atoms with Gasteiger partial charge in [-0.2, -0.15) is 0 Å². The summed E-state index contributed by atoms with van der Waals surface area (Å²) in [5.41, 5.74) is 0. The van der Waals surface area contributed by atoms with E-state index in [2.05, 4.69) is 52.3 Å². The van der Waals surface area contributed by atoms with E-state index >= 15 is 0 Å². The summed E-state index contributed by atoms with van der Waals surface area (Å²) in [7, 11) is -1.22. The maximum Gasteiger partial charge on any atom is 0.127 e. The van der Waals surface area contributed by atoms with Crippen molar-refractivity contribution >= 4 is 8.24 Å². The fourth-order valence-electron chi connectivity index (χ4n) is 1.58. The highest BCUT2D eigenvalue weighted by Crippen LogP contribution is 2.38. The fourth-order valence-corrected chi connectivity index (χ4v) is 4.10. The first-order chi connectivity index (χ1) is 5.77. The predicted molar refractivity (Wildman–Crippen MR) is 64.7 cm³/mol. The second-order valence-corrected chi connectivity index (χ2v) is 10.6. The SMILES string of the molecule is CCCN(CC)[Si](C)(C)C(C)(C)C. The van der Waals surface area contributed by atoms with Crippen LogP contribution in [0.5, 0.6) is 0 Å². The third-order valence-corrected chi connectivity index (χ3v) is 9.29. The average molecular weight is 201 g/mol. The van der Waals surface area contributed by atoms with E-state index in [9.17, 15) is 0 Å². The van der Waals surface area contributed by atoms with Crippen LogP contribution in [0.3, 0.4) is 0 Å². The molecule has 0 saturated carbocycles. The molecule has 0 aromatic rings. The topological polar surface area (TPSA) is 3.24 Å². The summed E-state index contributed by atoms with van der Waals surface area (Å²) in [6, 6.07) is 0. The van der Waals surface area contributed by atoms with Gasteiger partial charge in [-0.1, -0.05) is 47.7 Å². The molecule has 13 heavy (non-hydrogen) atoms. The molecule has 0 aromatic heterocycles. The molecule has 0 aliphatic heterocycles. The van der Waals surface area contributed by atoms with Gasteiger partial charge in [-0.15, -0.1) is 0 Å². The highest BCUT2D eigenvalue weighted by molar-refractivity contribution is 6.77. The maximum absolute atomic E-state index is 2.72. The number of hydrogen-bond acceptors (Lipinski definition) is 1. The van der Waals surface area contributed by atoms with Gasteiger partial charge in [0, 0.05) is 0 Å². The molecule has 0 aromatic carbocycles. The summed E-state index contributed by atoms with van der Waals surface area (Å²) in [6.07, 6.45) is 1.28. The van der Waals surface area contributed by atoms with E-state index in [4.69, 9.17) is 0 Å². The smallest absolute Gasteiger partial charge is 0.127 e. The molecule has 2 heteroatoms. The summed E-state index contributed by atoms with van der Waals surface area (Å²) in [5.74, 6) is 0. The van der Waals surface area contributed by atoms with E-state index in [-0.39, 0.29) is 0 Å². The molecule has 0 rings (SSSR count). The summed E-state index contributed by atoms with van der Waals surface area (Å²) in [4.78, 5) is 0. The van der Waals surface area contributed by atoms with Crippen molar-refractivity contribution in [3.05, 3.63) is 0 Å². The first-order valence-electron chi connectivity index (χ1n) is 5.52. The molecule has 0 N–H and O–H groups in total. The molecule has 0 aliphatic carbocycles. The van der Waals surface area contributed by atoms with Crippen molar-refractivity contribution in [1.82, 2.24) is 4.57 Å². The lowest BCUT2D eigenvalue weighted by molar-refractivity contribution is 0.415. The third-order valence-electron chi connectivity index (χ3n) is 3.50. The van der Waals surface area contributed by atoms with E-state index in [0.717, 1.165) is 0 Å². The molecule has 0 saturated heterocycles. The Hall–Kier alpha value is 0.177. The Morgan fingerprint density at radius 1 is 1.08 bits per heavy atom. The molecular weight excluding hydrogens is 174 g/mol. The molecule has 0 atom stereocenters. The van der Waals surface area contributed by atoms with Crippen LogP contribution in [-0.2, 0) is 0 Å². The first-order valence-corrected chi connectivity index (χ1v) is 8.47. The molecule has 1 nitrogen and oxygen atoms in total. The van der Waals surface area contributed by atoms with E-state index in [1.165, 1.54) is 19.5 Å². The van der Waals surface area contributed by atoms with E-state index < -0.39 is 8.24 Å². The first kappa shape index (κ1) is 13.2. The van der Waals surface area contributed by atoms with Crippen LogP contribution in [0.1, 0.15) is 41.0 Å².